The van der Waals surface area contributed by atoms with Gasteiger partial charge in [-0.05, 0) is 27.7 Å². The zero-order valence-corrected chi connectivity index (χ0v) is 12.4. The van der Waals surface area contributed by atoms with E-state index in [1.54, 1.807) is 13.1 Å². The Kier molecular flexibility index (Phi) is 3.93. The Balaban J connectivity index is 2.61. The van der Waals surface area contributed by atoms with Crippen LogP contribution in [0.25, 0.3) is 11.3 Å². The number of ether oxygens (including phenoxy) is 1. The van der Waals surface area contributed by atoms with Crippen LogP contribution in [0.3, 0.4) is 0 Å². The summed E-state index contributed by atoms with van der Waals surface area (Å²) in [7, 11) is 0. The second-order valence-corrected chi connectivity index (χ2v) is 5.58. The van der Waals surface area contributed by atoms with E-state index in [0.29, 0.717) is 12.2 Å². The van der Waals surface area contributed by atoms with Crippen LogP contribution in [0.5, 0.6) is 0 Å². The summed E-state index contributed by atoms with van der Waals surface area (Å²) >= 11 is 0. The molecular weight excluding hydrogens is 252 g/mol. The van der Waals surface area contributed by atoms with Crippen LogP contribution in [0, 0.1) is 0 Å². The van der Waals surface area contributed by atoms with Crippen molar-refractivity contribution in [3.8, 4) is 11.3 Å². The number of rotatable bonds is 3. The highest BCUT2D eigenvalue weighted by atomic mass is 16.5. The Morgan fingerprint density at radius 1 is 1.25 bits per heavy atom. The fraction of sp³-hybridized carbons (Fsp3) is 0.375. The van der Waals surface area contributed by atoms with Gasteiger partial charge in [-0.3, -0.25) is 4.68 Å². The maximum absolute atomic E-state index is 12.1. The SMILES string of the molecule is CCOC(=O)c1cnn(C(C)(C)C)c1-c1ccccc1. The molecular formula is C16H20N2O2. The first-order valence-electron chi connectivity index (χ1n) is 6.76. The van der Waals surface area contributed by atoms with Crippen molar-refractivity contribution in [1.29, 1.82) is 0 Å². The van der Waals surface area contributed by atoms with Gasteiger partial charge in [-0.25, -0.2) is 4.79 Å². The lowest BCUT2D eigenvalue weighted by molar-refractivity contribution is 0.0527. The van der Waals surface area contributed by atoms with E-state index in [9.17, 15) is 4.79 Å². The second-order valence-electron chi connectivity index (χ2n) is 5.58. The zero-order valence-electron chi connectivity index (χ0n) is 12.4. The van der Waals surface area contributed by atoms with Crippen LogP contribution in [0.15, 0.2) is 36.5 Å². The smallest absolute Gasteiger partial charge is 0.341 e. The van der Waals surface area contributed by atoms with Crippen LogP contribution in [-0.2, 0) is 10.3 Å². The van der Waals surface area contributed by atoms with E-state index in [2.05, 4.69) is 25.9 Å². The second kappa shape index (κ2) is 5.49. The number of esters is 1. The van der Waals surface area contributed by atoms with Crippen molar-refractivity contribution in [2.45, 2.75) is 33.2 Å². The number of nitrogens with zero attached hydrogens (tertiary/aromatic N) is 2. The molecule has 0 atom stereocenters. The van der Waals surface area contributed by atoms with Crippen molar-refractivity contribution < 1.29 is 9.53 Å². The molecule has 2 aromatic rings. The molecule has 106 valence electrons. The normalized spacial score (nSPS) is 11.4. The van der Waals surface area contributed by atoms with E-state index in [0.717, 1.165) is 11.3 Å². The van der Waals surface area contributed by atoms with Crippen LogP contribution < -0.4 is 0 Å². The van der Waals surface area contributed by atoms with E-state index < -0.39 is 0 Å². The number of benzene rings is 1. The molecule has 4 nitrogen and oxygen atoms in total. The van der Waals surface area contributed by atoms with Gasteiger partial charge in [0.25, 0.3) is 0 Å². The molecule has 0 aliphatic rings. The molecule has 2 rings (SSSR count). The molecule has 4 heteroatoms. The fourth-order valence-corrected chi connectivity index (χ4v) is 2.09. The molecule has 1 aromatic heterocycles. The van der Waals surface area contributed by atoms with E-state index in [-0.39, 0.29) is 11.5 Å². The first-order valence-corrected chi connectivity index (χ1v) is 6.76. The molecule has 0 N–H and O–H groups in total. The van der Waals surface area contributed by atoms with E-state index >= 15 is 0 Å². The molecule has 0 radical (unpaired) electrons. The summed E-state index contributed by atoms with van der Waals surface area (Å²) in [5.74, 6) is -0.332. The van der Waals surface area contributed by atoms with Crippen molar-refractivity contribution >= 4 is 5.97 Å². The molecule has 1 heterocycles. The largest absolute Gasteiger partial charge is 0.462 e. The highest BCUT2D eigenvalue weighted by Crippen LogP contribution is 2.29. The lowest BCUT2D eigenvalue weighted by Gasteiger charge is -2.23. The maximum Gasteiger partial charge on any atom is 0.341 e. The molecule has 20 heavy (non-hydrogen) atoms. The van der Waals surface area contributed by atoms with Gasteiger partial charge in [0.15, 0.2) is 0 Å². The molecule has 0 aliphatic carbocycles. The van der Waals surface area contributed by atoms with Crippen LogP contribution in [0.1, 0.15) is 38.1 Å². The van der Waals surface area contributed by atoms with Crippen molar-refractivity contribution in [1.82, 2.24) is 9.78 Å². The van der Waals surface area contributed by atoms with E-state index in [4.69, 9.17) is 4.74 Å². The molecule has 0 saturated heterocycles. The minimum absolute atomic E-state index is 0.212. The van der Waals surface area contributed by atoms with Gasteiger partial charge in [0, 0.05) is 5.56 Å². The standard InChI is InChI=1S/C16H20N2O2/c1-5-20-15(19)13-11-17-18(16(2,3)4)14(13)12-9-7-6-8-10-12/h6-11H,5H2,1-4H3. The Morgan fingerprint density at radius 3 is 2.45 bits per heavy atom. The Bertz CT molecular complexity index is 595. The summed E-state index contributed by atoms with van der Waals surface area (Å²) in [5.41, 5.74) is 2.06. The third-order valence-corrected chi connectivity index (χ3v) is 2.95. The molecule has 0 bridgehead atoms. The predicted octanol–water partition coefficient (Wildman–Crippen LogP) is 3.48. The van der Waals surface area contributed by atoms with Crippen molar-refractivity contribution in [3.63, 3.8) is 0 Å². The molecule has 0 spiro atoms. The van der Waals surface area contributed by atoms with Gasteiger partial charge in [-0.15, -0.1) is 0 Å². The predicted molar refractivity (Wildman–Crippen MR) is 78.6 cm³/mol. The zero-order chi connectivity index (χ0) is 14.8. The highest BCUT2D eigenvalue weighted by molar-refractivity contribution is 5.96. The van der Waals surface area contributed by atoms with Crippen LogP contribution in [-0.4, -0.2) is 22.4 Å². The number of carbonyl (C=O) groups is 1. The average molecular weight is 272 g/mol. The lowest BCUT2D eigenvalue weighted by atomic mass is 10.0. The van der Waals surface area contributed by atoms with Crippen LogP contribution in [0.4, 0.5) is 0 Å². The minimum Gasteiger partial charge on any atom is -0.462 e. The Morgan fingerprint density at radius 2 is 1.90 bits per heavy atom. The topological polar surface area (TPSA) is 44.1 Å². The Hall–Kier alpha value is -2.10. The minimum atomic E-state index is -0.332. The van der Waals surface area contributed by atoms with Crippen molar-refractivity contribution in [2.24, 2.45) is 0 Å². The summed E-state index contributed by atoms with van der Waals surface area (Å²) in [5, 5.41) is 4.38. The maximum atomic E-state index is 12.1. The third-order valence-electron chi connectivity index (χ3n) is 2.95. The van der Waals surface area contributed by atoms with Gasteiger partial charge in [0.1, 0.15) is 5.56 Å². The molecule has 0 unspecified atom stereocenters. The summed E-state index contributed by atoms with van der Waals surface area (Å²) < 4.78 is 6.99. The Labute approximate surface area is 119 Å². The highest BCUT2D eigenvalue weighted by Gasteiger charge is 2.25. The van der Waals surface area contributed by atoms with Gasteiger partial charge in [-0.2, -0.15) is 5.10 Å². The number of hydrogen-bond donors (Lipinski definition) is 0. The van der Waals surface area contributed by atoms with Gasteiger partial charge in [-0.1, -0.05) is 30.3 Å². The summed E-state index contributed by atoms with van der Waals surface area (Å²) in [6, 6.07) is 9.80. The summed E-state index contributed by atoms with van der Waals surface area (Å²) in [4.78, 5) is 12.1. The molecule has 1 aromatic carbocycles. The molecule has 0 saturated carbocycles. The van der Waals surface area contributed by atoms with Gasteiger partial charge in [0.05, 0.1) is 24.0 Å². The number of carbonyl (C=O) groups excluding carboxylic acids is 1. The van der Waals surface area contributed by atoms with Crippen LogP contribution in [0.2, 0.25) is 0 Å². The quantitative estimate of drug-likeness (QED) is 0.803. The lowest BCUT2D eigenvalue weighted by Crippen LogP contribution is -2.24. The number of aromatic nitrogens is 2. The first-order chi connectivity index (χ1) is 9.45. The van der Waals surface area contributed by atoms with Gasteiger partial charge >= 0.3 is 5.97 Å². The van der Waals surface area contributed by atoms with Gasteiger partial charge < -0.3 is 4.74 Å². The summed E-state index contributed by atoms with van der Waals surface area (Å²) in [6.07, 6.45) is 1.59. The average Bonchev–Trinajstić information content (AvgIpc) is 2.84. The van der Waals surface area contributed by atoms with Crippen LogP contribution >= 0.6 is 0 Å². The molecule has 0 aliphatic heterocycles. The molecule has 0 amide bonds. The van der Waals surface area contributed by atoms with E-state index in [1.165, 1.54) is 0 Å². The fourth-order valence-electron chi connectivity index (χ4n) is 2.09. The summed E-state index contributed by atoms with van der Waals surface area (Å²) in [6.45, 7) is 8.33. The molecule has 0 fully saturated rings. The van der Waals surface area contributed by atoms with Crippen molar-refractivity contribution in [3.05, 3.63) is 42.1 Å². The van der Waals surface area contributed by atoms with Gasteiger partial charge in [0.2, 0.25) is 0 Å². The number of hydrogen-bond acceptors (Lipinski definition) is 3. The van der Waals surface area contributed by atoms with E-state index in [1.807, 2.05) is 35.0 Å². The first kappa shape index (κ1) is 14.3. The third kappa shape index (κ3) is 2.74. The van der Waals surface area contributed by atoms with Crippen molar-refractivity contribution in [2.75, 3.05) is 6.61 Å². The monoisotopic (exact) mass is 272 g/mol.